The Morgan fingerprint density at radius 1 is 0.443 bits per heavy atom. The van der Waals surface area contributed by atoms with E-state index in [1.165, 1.54) is 32.1 Å². The van der Waals surface area contributed by atoms with Gasteiger partial charge in [-0.25, -0.2) is 4.79 Å². The van der Waals surface area contributed by atoms with Crippen LogP contribution in [0.2, 0.25) is 0 Å². The summed E-state index contributed by atoms with van der Waals surface area (Å²) in [7, 11) is 0. The predicted molar refractivity (Wildman–Crippen MR) is 345 cm³/mol. The number of carbonyl (C=O) groups excluding carboxylic acids is 7. The van der Waals surface area contributed by atoms with Crippen LogP contribution in [-0.2, 0) is 61.9 Å². The number of amides is 1. The lowest BCUT2D eigenvalue weighted by atomic mass is 9.49. The van der Waals surface area contributed by atoms with Gasteiger partial charge in [0.2, 0.25) is 0 Å². The van der Waals surface area contributed by atoms with Crippen molar-refractivity contribution in [2.24, 2.45) is 40.4 Å². The number of hydrogen-bond donors (Lipinski definition) is 1. The largest absolute Gasteiger partial charge is 0.465 e. The summed E-state index contributed by atoms with van der Waals surface area (Å²) in [4.78, 5) is 96.7. The third-order valence-electron chi connectivity index (χ3n) is 19.4. The lowest BCUT2D eigenvalue weighted by molar-refractivity contribution is -0.173. The molecule has 0 radical (unpaired) electrons. The third kappa shape index (κ3) is 32.9. The van der Waals surface area contributed by atoms with Gasteiger partial charge < -0.3 is 43.4 Å². The van der Waals surface area contributed by atoms with Crippen LogP contribution in [0.3, 0.4) is 0 Å². The number of ether oxygens (including phenoxy) is 7. The van der Waals surface area contributed by atoms with Gasteiger partial charge in [-0.2, -0.15) is 0 Å². The lowest BCUT2D eigenvalue weighted by Crippen LogP contribution is -2.47. The molecule has 3 unspecified atom stereocenters. The topological polar surface area (TPSA) is 199 Å². The Labute approximate surface area is 533 Å². The van der Waals surface area contributed by atoms with Crippen molar-refractivity contribution in [2.45, 2.75) is 310 Å². The first kappa shape index (κ1) is 76.5. The third-order valence-corrected chi connectivity index (χ3v) is 19.4. The molecule has 1 N–H and O–H groups in total. The molecule has 5 rings (SSSR count). The summed E-state index contributed by atoms with van der Waals surface area (Å²) in [6.07, 6.45) is 35.3. The molecule has 16 nitrogen and oxygen atoms in total. The highest BCUT2D eigenvalue weighted by Gasteiger charge is 2.52. The molecule has 0 aromatic heterocycles. The Bertz CT molecular complexity index is 1840. The Kier molecular flexibility index (Phi) is 40.1. The fourth-order valence-electron chi connectivity index (χ4n) is 14.4. The molecule has 1 aliphatic heterocycles. The molecule has 0 aromatic carbocycles. The highest BCUT2D eigenvalue weighted by molar-refractivity contribution is 5.73. The van der Waals surface area contributed by atoms with Crippen LogP contribution in [0.4, 0.5) is 4.79 Å². The van der Waals surface area contributed by atoms with E-state index < -0.39 is 35.5 Å². The first-order valence-electron chi connectivity index (χ1n) is 36.4. The van der Waals surface area contributed by atoms with E-state index in [0.717, 1.165) is 193 Å². The summed E-state index contributed by atoms with van der Waals surface area (Å²) >= 11 is 0. The quantitative estimate of drug-likeness (QED) is 0.0342. The van der Waals surface area contributed by atoms with Gasteiger partial charge in [-0.1, -0.05) is 157 Å². The van der Waals surface area contributed by atoms with Crippen molar-refractivity contribution in [1.82, 2.24) is 10.2 Å². The lowest BCUT2D eigenvalue weighted by Gasteiger charge is -2.56. The minimum absolute atomic E-state index is 0.0552. The number of alkyl carbamates (subject to hydrolysis) is 1. The van der Waals surface area contributed by atoms with Crippen LogP contribution in [0.5, 0.6) is 0 Å². The van der Waals surface area contributed by atoms with Crippen molar-refractivity contribution in [2.75, 3.05) is 65.8 Å². The normalized spacial score (nSPS) is 20.4. The second kappa shape index (κ2) is 46.2. The van der Waals surface area contributed by atoms with Crippen LogP contribution in [0.15, 0.2) is 0 Å². The van der Waals surface area contributed by atoms with Gasteiger partial charge in [0, 0.05) is 32.4 Å². The first-order valence-corrected chi connectivity index (χ1v) is 36.4. The summed E-state index contributed by atoms with van der Waals surface area (Å²) in [6, 6.07) is 0. The summed E-state index contributed by atoms with van der Waals surface area (Å²) in [6.45, 7) is 13.4. The van der Waals surface area contributed by atoms with Crippen molar-refractivity contribution in [3.8, 4) is 0 Å². The fourth-order valence-corrected chi connectivity index (χ4v) is 14.4. The van der Waals surface area contributed by atoms with Crippen molar-refractivity contribution in [3.05, 3.63) is 0 Å². The molecule has 1 amide bonds. The van der Waals surface area contributed by atoms with E-state index in [0.29, 0.717) is 69.6 Å². The maximum absolute atomic E-state index is 14.1. The van der Waals surface area contributed by atoms with E-state index in [-0.39, 0.29) is 93.7 Å². The zero-order valence-corrected chi connectivity index (χ0v) is 56.4. The fraction of sp³-hybridized carbons (Fsp3) is 0.903. The van der Waals surface area contributed by atoms with Crippen LogP contribution >= 0.6 is 0 Å². The second-order valence-corrected chi connectivity index (χ2v) is 27.7. The summed E-state index contributed by atoms with van der Waals surface area (Å²) in [5.41, 5.74) is -1.52. The van der Waals surface area contributed by atoms with Gasteiger partial charge in [-0.05, 0) is 158 Å². The van der Waals surface area contributed by atoms with Crippen molar-refractivity contribution in [3.63, 3.8) is 0 Å². The van der Waals surface area contributed by atoms with E-state index in [4.69, 9.17) is 33.2 Å². The van der Waals surface area contributed by atoms with Crippen LogP contribution in [-0.4, -0.2) is 119 Å². The van der Waals surface area contributed by atoms with Gasteiger partial charge in [0.05, 0.1) is 31.5 Å². The molecule has 3 atom stereocenters. The maximum Gasteiger partial charge on any atom is 0.407 e. The van der Waals surface area contributed by atoms with Gasteiger partial charge in [0.25, 0.3) is 0 Å². The van der Waals surface area contributed by atoms with Crippen molar-refractivity contribution in [1.29, 1.82) is 0 Å². The number of nitrogens with zero attached hydrogens (tertiary/aromatic N) is 1. The molecule has 0 spiro atoms. The molecule has 16 heteroatoms. The number of unbranched alkanes of at least 4 members (excludes halogenated alkanes) is 17. The highest BCUT2D eigenvalue weighted by atomic mass is 16.6. The summed E-state index contributed by atoms with van der Waals surface area (Å²) in [5, 5.41) is 2.90. The van der Waals surface area contributed by atoms with Gasteiger partial charge in [0.15, 0.2) is 0 Å². The smallest absolute Gasteiger partial charge is 0.407 e. The van der Waals surface area contributed by atoms with Crippen LogP contribution in [0.25, 0.3) is 0 Å². The minimum atomic E-state index is -1.42. The molecule has 1 saturated heterocycles. The van der Waals surface area contributed by atoms with Crippen molar-refractivity contribution >= 4 is 41.9 Å². The molecule has 5 aliphatic rings. The highest BCUT2D eigenvalue weighted by Crippen LogP contribution is 2.61. The second-order valence-electron chi connectivity index (χ2n) is 27.7. The molecule has 5 fully saturated rings. The van der Waals surface area contributed by atoms with Crippen LogP contribution in [0.1, 0.15) is 304 Å². The monoisotopic (exact) mass is 1240 g/mol. The van der Waals surface area contributed by atoms with Gasteiger partial charge >= 0.3 is 41.9 Å². The Hall–Kier alpha value is -3.95. The summed E-state index contributed by atoms with van der Waals surface area (Å²) in [5.74, 6) is -0.290. The number of nitrogens with one attached hydrogen (secondary N) is 1. The van der Waals surface area contributed by atoms with Crippen LogP contribution < -0.4 is 5.32 Å². The number of carbonyl (C=O) groups is 7. The van der Waals surface area contributed by atoms with E-state index >= 15 is 0 Å². The Morgan fingerprint density at radius 3 is 1.30 bits per heavy atom. The molecule has 1 heterocycles. The van der Waals surface area contributed by atoms with Gasteiger partial charge in [-0.3, -0.25) is 28.8 Å². The first-order chi connectivity index (χ1) is 42.7. The number of rotatable bonds is 54. The number of hydrogen-bond acceptors (Lipinski definition) is 15. The molecule has 0 aromatic rings. The molecule has 88 heavy (non-hydrogen) atoms. The average molecular weight is 1240 g/mol. The van der Waals surface area contributed by atoms with E-state index in [1.54, 1.807) is 0 Å². The van der Waals surface area contributed by atoms with Gasteiger partial charge in [0.1, 0.15) is 37.9 Å². The number of esters is 6. The summed E-state index contributed by atoms with van der Waals surface area (Å²) < 4.78 is 41.6. The SMILES string of the molecule is CCCCCCC(CCC(=O)OCC(COC(=O)CCCCCCOC(=O)C(CCCC)CCCCCC)(COC(=O)CCCCCCOC(=O)C(CCCC)CCCCCC)COC(=O)CC12CC3CC(CC(C3)C1)C2)OC(=O)NCCN1CCCC1. The zero-order chi connectivity index (χ0) is 63.5. The Balaban J connectivity index is 1.41. The average Bonchev–Trinajstić information content (AvgIpc) is 1.65. The maximum atomic E-state index is 14.1. The van der Waals surface area contributed by atoms with E-state index in [2.05, 4.69) is 44.8 Å². The van der Waals surface area contributed by atoms with Crippen molar-refractivity contribution < 1.29 is 66.7 Å². The minimum Gasteiger partial charge on any atom is -0.465 e. The molecule has 508 valence electrons. The molecule has 4 saturated carbocycles. The molecular formula is C72H126N2O14. The number of likely N-dealkylation sites (tertiary alicyclic amines) is 1. The molecule has 4 aliphatic carbocycles. The predicted octanol–water partition coefficient (Wildman–Crippen LogP) is 16.2. The van der Waals surface area contributed by atoms with E-state index in [9.17, 15) is 33.6 Å². The zero-order valence-electron chi connectivity index (χ0n) is 56.4. The van der Waals surface area contributed by atoms with Gasteiger partial charge in [-0.15, -0.1) is 0 Å². The van der Waals surface area contributed by atoms with Crippen LogP contribution in [0, 0.1) is 40.4 Å². The molecule has 4 bridgehead atoms. The van der Waals surface area contributed by atoms with E-state index in [1.807, 2.05) is 0 Å². The standard InChI is InChI=1S/C72H126N2O14/c1-6-11-16-23-34-61(32-14-9-4)68(79)82-45-30-21-19-26-37-64(75)84-54-72(57-87-67(78)53-71-50-58-47-59(51-71)49-60(48-58)52-71,55-85-65(76)38-27-20-22-31-46-83-69(80)62(33-15-10-5)35-24-17-12-7-2)56-86-66(77)40-39-63(36-25-18-13-8-3)88-70(81)73-41-44-74-42-28-29-43-74/h58-63H,6-57H2,1-5H3,(H,73,81). The molecular weight excluding hydrogens is 1120 g/mol. The Morgan fingerprint density at radius 2 is 0.841 bits per heavy atom.